The zero-order valence-corrected chi connectivity index (χ0v) is 9.51. The topological polar surface area (TPSA) is 7.76 Å². The first kappa shape index (κ1) is 10.9. The molecule has 74 valence electrons. The molecule has 0 amide bonds. The Morgan fingerprint density at radius 1 is 0.812 bits per heavy atom. The Morgan fingerprint density at radius 2 is 1.19 bits per heavy atom. The number of pyridine rings is 2. The van der Waals surface area contributed by atoms with E-state index in [2.05, 4.69) is 0 Å². The fourth-order valence-electron chi connectivity index (χ4n) is 1.89. The maximum atomic E-state index is 5.94. The highest BCUT2D eigenvalue weighted by Gasteiger charge is 2.22. The second-order valence-corrected chi connectivity index (χ2v) is 3.89. The molecule has 16 heavy (non-hydrogen) atoms. The molecule has 2 aromatic rings. The van der Waals surface area contributed by atoms with Crippen LogP contribution < -0.4 is 8.96 Å². The highest BCUT2D eigenvalue weighted by atomic mass is 14.9. The first-order chi connectivity index (χ1) is 7.61. The van der Waals surface area contributed by atoms with Gasteiger partial charge in [0.2, 0.25) is 0 Å². The van der Waals surface area contributed by atoms with Crippen LogP contribution in [0.2, 0.25) is 0 Å². The van der Waals surface area contributed by atoms with Crippen molar-refractivity contribution in [3.8, 4) is 11.4 Å². The molecular weight excluding hydrogens is 194 g/mol. The van der Waals surface area contributed by atoms with Crippen LogP contribution in [0.1, 0.15) is 11.1 Å². The standard InChI is InChI=1S/C12H12B2N2/c1-9-5-3-7-15(13)11(9)12-10(2)6-4-8-16(12)14/h3-8H,1-2H3/q+2. The summed E-state index contributed by atoms with van der Waals surface area (Å²) in [6.07, 6.45) is 3.63. The minimum atomic E-state index is 0.933. The fourth-order valence-corrected chi connectivity index (χ4v) is 1.89. The van der Waals surface area contributed by atoms with Gasteiger partial charge >= 0.3 is 16.0 Å². The monoisotopic (exact) mass is 206 g/mol. The first-order valence-corrected chi connectivity index (χ1v) is 5.14. The van der Waals surface area contributed by atoms with Gasteiger partial charge in [0.15, 0.2) is 0 Å². The van der Waals surface area contributed by atoms with Crippen LogP contribution in [0.25, 0.3) is 11.4 Å². The molecule has 0 atom stereocenters. The van der Waals surface area contributed by atoms with Crippen molar-refractivity contribution >= 4 is 16.0 Å². The summed E-state index contributed by atoms with van der Waals surface area (Å²) in [4.78, 5) is 0. The Kier molecular flexibility index (Phi) is 2.82. The number of nitrogens with zero attached hydrogens (tertiary/aromatic N) is 2. The van der Waals surface area contributed by atoms with Crippen LogP contribution >= 0.6 is 0 Å². The van der Waals surface area contributed by atoms with E-state index in [1.165, 1.54) is 0 Å². The van der Waals surface area contributed by atoms with E-state index in [-0.39, 0.29) is 0 Å². The fraction of sp³-hybridized carbons (Fsp3) is 0.167. The summed E-state index contributed by atoms with van der Waals surface area (Å²) in [6.45, 7) is 4.04. The summed E-state index contributed by atoms with van der Waals surface area (Å²) in [5.41, 5.74) is 4.06. The van der Waals surface area contributed by atoms with Gasteiger partial charge in [-0.15, -0.1) is 0 Å². The molecule has 0 unspecified atom stereocenters. The Labute approximate surface area is 98.4 Å². The van der Waals surface area contributed by atoms with Crippen molar-refractivity contribution in [2.75, 3.05) is 0 Å². The Morgan fingerprint density at radius 3 is 1.50 bits per heavy atom. The minimum absolute atomic E-state index is 0.933. The van der Waals surface area contributed by atoms with E-state index in [0.717, 1.165) is 22.5 Å². The van der Waals surface area contributed by atoms with Crippen molar-refractivity contribution in [1.29, 1.82) is 0 Å². The number of hydrogen-bond acceptors (Lipinski definition) is 0. The molecule has 2 rings (SSSR count). The van der Waals surface area contributed by atoms with Gasteiger partial charge in [-0.3, -0.25) is 8.96 Å². The molecule has 0 aliphatic carbocycles. The van der Waals surface area contributed by atoms with Gasteiger partial charge in [0, 0.05) is 11.1 Å². The first-order valence-electron chi connectivity index (χ1n) is 5.14. The van der Waals surface area contributed by atoms with Crippen LogP contribution in [0.15, 0.2) is 36.7 Å². The molecular formula is C12H12B2N2+2. The highest BCUT2D eigenvalue weighted by molar-refractivity contribution is 5.97. The second kappa shape index (κ2) is 4.12. The predicted octanol–water partition coefficient (Wildman–Crippen LogP) is 0.409. The van der Waals surface area contributed by atoms with Crippen molar-refractivity contribution in [3.63, 3.8) is 0 Å². The molecule has 0 aliphatic heterocycles. The van der Waals surface area contributed by atoms with Gasteiger partial charge in [-0.25, -0.2) is 0 Å². The van der Waals surface area contributed by atoms with Crippen molar-refractivity contribution in [3.05, 3.63) is 47.8 Å². The lowest BCUT2D eigenvalue weighted by molar-refractivity contribution is -0.544. The lowest BCUT2D eigenvalue weighted by Crippen LogP contribution is -2.42. The minimum Gasteiger partial charge on any atom is -0.281 e. The van der Waals surface area contributed by atoms with Crippen LogP contribution in [0, 0.1) is 13.8 Å². The zero-order chi connectivity index (χ0) is 11.7. The van der Waals surface area contributed by atoms with Gasteiger partial charge in [0.05, 0.1) is 0 Å². The van der Waals surface area contributed by atoms with Crippen LogP contribution in [0.4, 0.5) is 0 Å². The SMILES string of the molecule is [B][n+]1cccc(C)c1-c1c(C)ccc[n+]1[B]. The average Bonchev–Trinajstić information content (AvgIpc) is 2.21. The molecule has 0 saturated heterocycles. The van der Waals surface area contributed by atoms with E-state index in [1.54, 1.807) is 8.96 Å². The van der Waals surface area contributed by atoms with Crippen molar-refractivity contribution in [2.45, 2.75) is 13.8 Å². The van der Waals surface area contributed by atoms with Crippen molar-refractivity contribution in [1.82, 2.24) is 0 Å². The highest BCUT2D eigenvalue weighted by Crippen LogP contribution is 2.18. The summed E-state index contributed by atoms with van der Waals surface area (Å²) < 4.78 is 3.20. The number of rotatable bonds is 1. The Hall–Kier alpha value is -1.57. The van der Waals surface area contributed by atoms with Gasteiger partial charge in [-0.05, 0) is 38.1 Å². The molecule has 2 nitrogen and oxygen atoms in total. The van der Waals surface area contributed by atoms with E-state index in [9.17, 15) is 0 Å². The normalized spacial score (nSPS) is 10.4. The van der Waals surface area contributed by atoms with Crippen LogP contribution in [0.5, 0.6) is 0 Å². The smallest absolute Gasteiger partial charge is 0.281 e. The molecule has 0 N–H and O–H groups in total. The lowest BCUT2D eigenvalue weighted by atomic mass is 10.0. The number of hydrogen-bond donors (Lipinski definition) is 0. The molecule has 0 spiro atoms. The molecule has 0 fully saturated rings. The third-order valence-electron chi connectivity index (χ3n) is 2.67. The number of aromatic nitrogens is 2. The lowest BCUT2D eigenvalue weighted by Gasteiger charge is -2.05. The molecule has 0 aliphatic rings. The molecule has 0 saturated carbocycles. The largest absolute Gasteiger partial charge is 0.587 e. The van der Waals surface area contributed by atoms with E-state index in [1.807, 2.05) is 50.5 Å². The van der Waals surface area contributed by atoms with E-state index in [0.29, 0.717) is 0 Å². The summed E-state index contributed by atoms with van der Waals surface area (Å²) in [5, 5.41) is 0. The second-order valence-electron chi connectivity index (χ2n) is 3.89. The van der Waals surface area contributed by atoms with Crippen LogP contribution in [-0.4, -0.2) is 16.0 Å². The van der Waals surface area contributed by atoms with Crippen molar-refractivity contribution < 1.29 is 8.96 Å². The summed E-state index contributed by atoms with van der Waals surface area (Å²) in [6, 6.07) is 7.87. The van der Waals surface area contributed by atoms with Gasteiger partial charge in [0.1, 0.15) is 12.4 Å². The van der Waals surface area contributed by atoms with Gasteiger partial charge in [-0.1, -0.05) is 0 Å². The summed E-state index contributed by atoms with van der Waals surface area (Å²) in [7, 11) is 11.9. The molecule has 0 aromatic carbocycles. The third-order valence-corrected chi connectivity index (χ3v) is 2.67. The van der Waals surface area contributed by atoms with E-state index in [4.69, 9.17) is 16.0 Å². The molecule has 0 bridgehead atoms. The predicted molar refractivity (Wildman–Crippen MR) is 64.0 cm³/mol. The summed E-state index contributed by atoms with van der Waals surface area (Å²) >= 11 is 0. The average molecular weight is 206 g/mol. The zero-order valence-electron chi connectivity index (χ0n) is 9.51. The van der Waals surface area contributed by atoms with Gasteiger partial charge < -0.3 is 0 Å². The Bertz CT molecular complexity index is 449. The quantitative estimate of drug-likeness (QED) is 0.597. The maximum absolute atomic E-state index is 5.94. The van der Waals surface area contributed by atoms with Crippen LogP contribution in [0.3, 0.4) is 0 Å². The van der Waals surface area contributed by atoms with Crippen molar-refractivity contribution in [2.24, 2.45) is 0 Å². The van der Waals surface area contributed by atoms with Gasteiger partial charge in [-0.2, -0.15) is 0 Å². The van der Waals surface area contributed by atoms with E-state index < -0.39 is 0 Å². The van der Waals surface area contributed by atoms with Crippen LogP contribution in [-0.2, 0) is 0 Å². The summed E-state index contributed by atoms with van der Waals surface area (Å²) in [5.74, 6) is 0. The molecule has 4 radical (unpaired) electrons. The van der Waals surface area contributed by atoms with E-state index >= 15 is 0 Å². The maximum Gasteiger partial charge on any atom is 0.587 e. The Balaban J connectivity index is 2.77. The van der Waals surface area contributed by atoms with Gasteiger partial charge in [0.25, 0.3) is 11.4 Å². The third kappa shape index (κ3) is 1.75. The number of aryl methyl sites for hydroxylation is 2. The molecule has 2 aromatic heterocycles. The molecule has 2 heterocycles. The molecule has 4 heteroatoms.